The van der Waals surface area contributed by atoms with Crippen molar-refractivity contribution >= 4 is 51.4 Å². The summed E-state index contributed by atoms with van der Waals surface area (Å²) in [6, 6.07) is 9.64. The molecule has 3 heterocycles. The van der Waals surface area contributed by atoms with Crippen molar-refractivity contribution in [2.45, 2.75) is 46.5 Å². The van der Waals surface area contributed by atoms with Gasteiger partial charge in [-0.2, -0.15) is 15.1 Å². The fourth-order valence-electron chi connectivity index (χ4n) is 3.76. The van der Waals surface area contributed by atoms with Crippen molar-refractivity contribution in [3.8, 4) is 5.69 Å². The van der Waals surface area contributed by atoms with Gasteiger partial charge in [0.05, 0.1) is 5.57 Å². The van der Waals surface area contributed by atoms with Gasteiger partial charge in [0.25, 0.3) is 5.91 Å². The normalized spacial score (nSPS) is 17.3. The van der Waals surface area contributed by atoms with E-state index in [1.54, 1.807) is 6.08 Å². The lowest BCUT2D eigenvalue weighted by Gasteiger charge is -2.20. The highest BCUT2D eigenvalue weighted by Crippen LogP contribution is 2.31. The van der Waals surface area contributed by atoms with Crippen LogP contribution in [-0.2, 0) is 4.79 Å². The Balaban J connectivity index is 1.65. The first-order valence-electron chi connectivity index (χ1n) is 10.3. The molecule has 6 nitrogen and oxygen atoms in total. The molecule has 2 aromatic rings. The first-order chi connectivity index (χ1) is 14.9. The fourth-order valence-corrected chi connectivity index (χ4v) is 4.87. The first-order valence-corrected chi connectivity index (χ1v) is 11.5. The molecular weight excluding hydrogens is 430 g/mol. The molecule has 0 saturated carbocycles. The summed E-state index contributed by atoms with van der Waals surface area (Å²) in [5.41, 5.74) is 4.04. The fraction of sp³-hybridized carbons (Fsp3) is 0.304. The van der Waals surface area contributed by atoms with E-state index in [1.165, 1.54) is 16.8 Å². The number of thioether (sulfide) groups is 1. The Kier molecular flexibility index (Phi) is 6.16. The minimum Gasteiger partial charge on any atom is -0.318 e. The number of hydrogen-bond donors (Lipinski definition) is 1. The highest BCUT2D eigenvalue weighted by Gasteiger charge is 2.35. The molecule has 160 valence electrons. The minimum atomic E-state index is -0.402. The van der Waals surface area contributed by atoms with E-state index < -0.39 is 5.91 Å². The second-order valence-electron chi connectivity index (χ2n) is 7.61. The van der Waals surface area contributed by atoms with Crippen LogP contribution in [0.4, 0.5) is 0 Å². The number of amides is 1. The van der Waals surface area contributed by atoms with Crippen molar-refractivity contribution in [3.05, 3.63) is 57.9 Å². The predicted octanol–water partition coefficient (Wildman–Crippen LogP) is 5.95. The number of carbonyl (C=O) groups is 1. The molecule has 1 aromatic carbocycles. The van der Waals surface area contributed by atoms with Crippen molar-refractivity contribution in [2.24, 2.45) is 10.1 Å². The quantitative estimate of drug-likeness (QED) is 0.434. The summed E-state index contributed by atoms with van der Waals surface area (Å²) in [5.74, 6) is -0.332. The number of unbranched alkanes of at least 4 members (excludes halogenated alkanes) is 2. The number of nitrogens with one attached hydrogen (secondary N) is 1. The summed E-state index contributed by atoms with van der Waals surface area (Å²) in [4.78, 5) is 16.9. The molecule has 0 radical (unpaired) electrons. The van der Waals surface area contributed by atoms with Gasteiger partial charge in [-0.3, -0.25) is 10.2 Å². The predicted molar refractivity (Wildman–Crippen MR) is 129 cm³/mol. The van der Waals surface area contributed by atoms with E-state index in [0.717, 1.165) is 53.4 Å². The number of halogens is 1. The molecule has 2 aliphatic heterocycles. The van der Waals surface area contributed by atoms with Crippen LogP contribution in [0.25, 0.3) is 11.8 Å². The first kappa shape index (κ1) is 21.6. The average Bonchev–Trinajstić information content (AvgIpc) is 3.25. The number of aryl methyl sites for hydroxylation is 1. The Labute approximate surface area is 191 Å². The Hall–Kier alpha value is -2.64. The maximum atomic E-state index is 12.7. The zero-order valence-corrected chi connectivity index (χ0v) is 19.3. The molecule has 0 saturated heterocycles. The number of aliphatic imine (C=N–C) groups is 1. The van der Waals surface area contributed by atoms with Crippen LogP contribution in [0, 0.1) is 19.3 Å². The lowest BCUT2D eigenvalue weighted by atomic mass is 10.1. The maximum absolute atomic E-state index is 12.7. The van der Waals surface area contributed by atoms with Crippen LogP contribution in [0.2, 0.25) is 5.02 Å². The van der Waals surface area contributed by atoms with Crippen molar-refractivity contribution in [3.63, 3.8) is 0 Å². The minimum absolute atomic E-state index is 0.0700. The van der Waals surface area contributed by atoms with E-state index in [-0.39, 0.29) is 11.4 Å². The summed E-state index contributed by atoms with van der Waals surface area (Å²) in [6.07, 6.45) is 5.90. The monoisotopic (exact) mass is 453 g/mol. The number of amidine groups is 2. The molecule has 0 fully saturated rings. The van der Waals surface area contributed by atoms with Gasteiger partial charge >= 0.3 is 0 Å². The number of hydrazone groups is 1. The van der Waals surface area contributed by atoms with Crippen LogP contribution in [0.15, 0.2) is 46.0 Å². The summed E-state index contributed by atoms with van der Waals surface area (Å²) in [5, 5.41) is 16.7. The van der Waals surface area contributed by atoms with Crippen LogP contribution in [0.1, 0.15) is 49.6 Å². The number of aromatic nitrogens is 1. The molecular formula is C23H24ClN5OS. The van der Waals surface area contributed by atoms with Crippen molar-refractivity contribution in [2.75, 3.05) is 0 Å². The highest BCUT2D eigenvalue weighted by molar-refractivity contribution is 8.26. The third kappa shape index (κ3) is 4.25. The van der Waals surface area contributed by atoms with Gasteiger partial charge in [-0.1, -0.05) is 37.4 Å². The van der Waals surface area contributed by atoms with Gasteiger partial charge in [0, 0.05) is 22.1 Å². The molecule has 0 aliphatic carbocycles. The van der Waals surface area contributed by atoms with Crippen LogP contribution >= 0.6 is 23.4 Å². The van der Waals surface area contributed by atoms with Crippen LogP contribution in [0.5, 0.6) is 0 Å². The topological polar surface area (TPSA) is 73.8 Å². The van der Waals surface area contributed by atoms with Gasteiger partial charge in [0.2, 0.25) is 5.17 Å². The molecule has 4 rings (SSSR count). The van der Waals surface area contributed by atoms with E-state index in [9.17, 15) is 4.79 Å². The highest BCUT2D eigenvalue weighted by atomic mass is 35.5. The third-order valence-electron chi connectivity index (χ3n) is 5.33. The van der Waals surface area contributed by atoms with E-state index in [2.05, 4.69) is 21.6 Å². The van der Waals surface area contributed by atoms with Gasteiger partial charge < -0.3 is 4.57 Å². The smallest absolute Gasteiger partial charge is 0.283 e. The lowest BCUT2D eigenvalue weighted by molar-refractivity contribution is -0.114. The van der Waals surface area contributed by atoms with Gasteiger partial charge in [-0.05, 0) is 74.4 Å². The second-order valence-corrected chi connectivity index (χ2v) is 9.09. The zero-order valence-electron chi connectivity index (χ0n) is 17.8. The molecule has 0 bridgehead atoms. The SMILES string of the molecule is CCCCCC1=NN2C(=N)/C(=C/c3cc(C)n(-c4cccc(Cl)c4)c3C)C(=O)N=C2S1. The molecule has 0 spiro atoms. The standard InChI is InChI=1S/C23H24ClN5OS/c1-4-5-6-10-20-27-29-21(25)19(22(30)26-23(29)31-20)12-16-11-14(2)28(15(16)3)18-9-7-8-17(24)13-18/h7-9,11-13,25H,4-6,10H2,1-3H3/b19-12-,25-21?. The number of nitrogens with zero attached hydrogens (tertiary/aromatic N) is 4. The number of rotatable bonds is 6. The van der Waals surface area contributed by atoms with E-state index >= 15 is 0 Å². The number of benzene rings is 1. The number of hydrogen-bond acceptors (Lipinski definition) is 4. The molecule has 1 N–H and O–H groups in total. The molecule has 31 heavy (non-hydrogen) atoms. The maximum Gasteiger partial charge on any atom is 0.283 e. The average molecular weight is 454 g/mol. The summed E-state index contributed by atoms with van der Waals surface area (Å²) in [7, 11) is 0. The largest absolute Gasteiger partial charge is 0.318 e. The lowest BCUT2D eigenvalue weighted by Crippen LogP contribution is -2.35. The molecule has 0 atom stereocenters. The summed E-state index contributed by atoms with van der Waals surface area (Å²) in [6.45, 7) is 6.15. The Morgan fingerprint density at radius 2 is 2.03 bits per heavy atom. The Morgan fingerprint density at radius 3 is 2.77 bits per heavy atom. The second kappa shape index (κ2) is 8.85. The molecule has 1 aromatic heterocycles. The van der Waals surface area contributed by atoms with Crippen molar-refractivity contribution in [1.29, 1.82) is 5.41 Å². The van der Waals surface area contributed by atoms with Crippen molar-refractivity contribution in [1.82, 2.24) is 9.58 Å². The van der Waals surface area contributed by atoms with Crippen LogP contribution in [-0.4, -0.2) is 31.5 Å². The Bertz CT molecular complexity index is 1160. The van der Waals surface area contributed by atoms with E-state index in [4.69, 9.17) is 17.0 Å². The molecule has 1 amide bonds. The summed E-state index contributed by atoms with van der Waals surface area (Å²) >= 11 is 7.56. The molecule has 2 aliphatic rings. The summed E-state index contributed by atoms with van der Waals surface area (Å²) < 4.78 is 2.08. The van der Waals surface area contributed by atoms with Crippen LogP contribution in [0.3, 0.4) is 0 Å². The number of fused-ring (bicyclic) bond motifs is 1. The number of carbonyl (C=O) groups excluding carboxylic acids is 1. The van der Waals surface area contributed by atoms with Gasteiger partial charge in [-0.25, -0.2) is 0 Å². The van der Waals surface area contributed by atoms with Crippen LogP contribution < -0.4 is 0 Å². The van der Waals surface area contributed by atoms with E-state index in [0.29, 0.717) is 10.2 Å². The van der Waals surface area contributed by atoms with Gasteiger partial charge in [0.1, 0.15) is 5.04 Å². The van der Waals surface area contributed by atoms with E-state index in [1.807, 2.05) is 44.2 Å². The Morgan fingerprint density at radius 1 is 1.23 bits per heavy atom. The molecule has 8 heteroatoms. The molecule has 0 unspecified atom stereocenters. The van der Waals surface area contributed by atoms with Gasteiger partial charge in [-0.15, -0.1) is 0 Å². The zero-order chi connectivity index (χ0) is 22.1. The van der Waals surface area contributed by atoms with Gasteiger partial charge in [0.15, 0.2) is 5.84 Å². The van der Waals surface area contributed by atoms with Crippen molar-refractivity contribution < 1.29 is 4.79 Å². The third-order valence-corrected chi connectivity index (χ3v) is 6.53.